The topological polar surface area (TPSA) is 63.2 Å². The number of ether oxygens (including phenoxy) is 1. The van der Waals surface area contributed by atoms with Gasteiger partial charge in [0.1, 0.15) is 0 Å². The average Bonchev–Trinajstić information content (AvgIpc) is 2.36. The van der Waals surface area contributed by atoms with Crippen LogP contribution in [0.3, 0.4) is 0 Å². The van der Waals surface area contributed by atoms with Gasteiger partial charge in [-0.3, -0.25) is 9.78 Å². The van der Waals surface area contributed by atoms with Crippen molar-refractivity contribution >= 4 is 5.91 Å². The van der Waals surface area contributed by atoms with E-state index in [9.17, 15) is 4.79 Å². The van der Waals surface area contributed by atoms with Crippen LogP contribution in [-0.4, -0.2) is 44.2 Å². The second-order valence-corrected chi connectivity index (χ2v) is 3.62. The lowest BCUT2D eigenvalue weighted by Crippen LogP contribution is -2.36. The fraction of sp³-hybridized carbons (Fsp3) is 0.500. The molecule has 0 aromatic carbocycles. The number of hydrogen-bond donors (Lipinski definition) is 2. The molecule has 0 fully saturated rings. The molecule has 0 aliphatic heterocycles. The molecule has 0 atom stereocenters. The van der Waals surface area contributed by atoms with Gasteiger partial charge in [-0.05, 0) is 24.1 Å². The first-order valence-corrected chi connectivity index (χ1v) is 5.68. The summed E-state index contributed by atoms with van der Waals surface area (Å²) in [5.41, 5.74) is 1.17. The second kappa shape index (κ2) is 8.66. The van der Waals surface area contributed by atoms with Gasteiger partial charge in [-0.25, -0.2) is 0 Å². The smallest absolute Gasteiger partial charge is 0.233 e. The number of carbonyl (C=O) groups excluding carboxylic acids is 1. The second-order valence-electron chi connectivity index (χ2n) is 3.62. The molecule has 5 nitrogen and oxygen atoms in total. The summed E-state index contributed by atoms with van der Waals surface area (Å²) in [4.78, 5) is 15.3. The van der Waals surface area contributed by atoms with Gasteiger partial charge in [0.15, 0.2) is 0 Å². The van der Waals surface area contributed by atoms with Crippen LogP contribution < -0.4 is 10.6 Å². The zero-order valence-corrected chi connectivity index (χ0v) is 10.1. The van der Waals surface area contributed by atoms with Gasteiger partial charge in [-0.2, -0.15) is 0 Å². The lowest BCUT2D eigenvalue weighted by molar-refractivity contribution is -0.120. The Morgan fingerprint density at radius 3 is 2.82 bits per heavy atom. The Bertz CT molecular complexity index is 317. The lowest BCUT2D eigenvalue weighted by Gasteiger charge is -2.06. The predicted molar refractivity (Wildman–Crippen MR) is 65.7 cm³/mol. The summed E-state index contributed by atoms with van der Waals surface area (Å²) in [6.07, 6.45) is 4.33. The molecule has 5 heteroatoms. The number of nitrogens with zero attached hydrogens (tertiary/aromatic N) is 1. The highest BCUT2D eigenvalue weighted by Crippen LogP contribution is 1.95. The predicted octanol–water partition coefficient (Wildman–Crippen LogP) is -0.0237. The Labute approximate surface area is 102 Å². The van der Waals surface area contributed by atoms with E-state index < -0.39 is 0 Å². The Balaban J connectivity index is 2.04. The highest BCUT2D eigenvalue weighted by atomic mass is 16.5. The van der Waals surface area contributed by atoms with Gasteiger partial charge >= 0.3 is 0 Å². The van der Waals surface area contributed by atoms with Gasteiger partial charge in [-0.1, -0.05) is 0 Å². The van der Waals surface area contributed by atoms with Gasteiger partial charge in [0.25, 0.3) is 0 Å². The monoisotopic (exact) mass is 237 g/mol. The first kappa shape index (κ1) is 13.6. The highest BCUT2D eigenvalue weighted by molar-refractivity contribution is 5.77. The summed E-state index contributed by atoms with van der Waals surface area (Å²) < 4.78 is 4.86. The number of methoxy groups -OCH3 is 1. The zero-order chi connectivity index (χ0) is 12.3. The molecule has 94 valence electrons. The number of aromatic nitrogens is 1. The minimum absolute atomic E-state index is 0.00941. The third-order valence-electron chi connectivity index (χ3n) is 2.25. The van der Waals surface area contributed by atoms with E-state index >= 15 is 0 Å². The maximum absolute atomic E-state index is 11.4. The number of hydrogen-bond acceptors (Lipinski definition) is 4. The molecule has 17 heavy (non-hydrogen) atoms. The molecule has 0 saturated heterocycles. The van der Waals surface area contributed by atoms with E-state index in [0.717, 1.165) is 6.42 Å². The highest BCUT2D eigenvalue weighted by Gasteiger charge is 1.99. The van der Waals surface area contributed by atoms with E-state index in [1.807, 2.05) is 12.1 Å². The van der Waals surface area contributed by atoms with Crippen LogP contribution in [0.5, 0.6) is 0 Å². The molecule has 0 bridgehead atoms. The fourth-order valence-corrected chi connectivity index (χ4v) is 1.33. The molecule has 0 saturated carbocycles. The van der Waals surface area contributed by atoms with Crippen LogP contribution in [0.4, 0.5) is 0 Å². The minimum atomic E-state index is 0.00941. The molecule has 1 aromatic rings. The molecule has 2 N–H and O–H groups in total. The number of rotatable bonds is 8. The summed E-state index contributed by atoms with van der Waals surface area (Å²) in [6, 6.07) is 3.89. The third kappa shape index (κ3) is 6.65. The molecular weight excluding hydrogens is 218 g/mol. The molecule has 1 aromatic heterocycles. The maximum Gasteiger partial charge on any atom is 0.233 e. The standard InChI is InChI=1S/C12H19N3O2/c1-17-9-8-14-10-12(16)15-7-4-11-2-5-13-6-3-11/h2-3,5-6,14H,4,7-10H2,1H3,(H,15,16). The van der Waals surface area contributed by atoms with Gasteiger partial charge in [0.2, 0.25) is 5.91 Å². The molecule has 0 aliphatic rings. The Morgan fingerprint density at radius 2 is 2.12 bits per heavy atom. The molecule has 1 heterocycles. The van der Waals surface area contributed by atoms with Crippen molar-refractivity contribution in [3.8, 4) is 0 Å². The van der Waals surface area contributed by atoms with Crippen LogP contribution in [0.2, 0.25) is 0 Å². The maximum atomic E-state index is 11.4. The summed E-state index contributed by atoms with van der Waals surface area (Å²) in [5.74, 6) is 0.00941. The van der Waals surface area contributed by atoms with Crippen LogP contribution >= 0.6 is 0 Å². The van der Waals surface area contributed by atoms with Crippen LogP contribution in [0, 0.1) is 0 Å². The summed E-state index contributed by atoms with van der Waals surface area (Å²) in [5, 5.41) is 5.83. The molecule has 1 rings (SSSR count). The van der Waals surface area contributed by atoms with E-state index in [2.05, 4.69) is 15.6 Å². The van der Waals surface area contributed by atoms with Crippen LogP contribution in [0.25, 0.3) is 0 Å². The van der Waals surface area contributed by atoms with E-state index in [-0.39, 0.29) is 5.91 Å². The van der Waals surface area contributed by atoms with Crippen molar-refractivity contribution in [2.75, 3.05) is 33.4 Å². The molecule has 1 amide bonds. The Hall–Kier alpha value is -1.46. The van der Waals surface area contributed by atoms with Crippen LogP contribution in [0.1, 0.15) is 5.56 Å². The first-order chi connectivity index (χ1) is 8.33. The van der Waals surface area contributed by atoms with E-state index in [4.69, 9.17) is 4.74 Å². The van der Waals surface area contributed by atoms with E-state index in [0.29, 0.717) is 26.2 Å². The fourth-order valence-electron chi connectivity index (χ4n) is 1.33. The number of carbonyl (C=O) groups is 1. The van der Waals surface area contributed by atoms with Crippen molar-refractivity contribution in [3.05, 3.63) is 30.1 Å². The van der Waals surface area contributed by atoms with Gasteiger partial charge in [-0.15, -0.1) is 0 Å². The summed E-state index contributed by atoms with van der Waals surface area (Å²) >= 11 is 0. The molecule has 0 unspecified atom stereocenters. The van der Waals surface area contributed by atoms with Crippen molar-refractivity contribution in [1.82, 2.24) is 15.6 Å². The van der Waals surface area contributed by atoms with Crippen LogP contribution in [0.15, 0.2) is 24.5 Å². The Morgan fingerprint density at radius 1 is 1.35 bits per heavy atom. The largest absolute Gasteiger partial charge is 0.383 e. The number of nitrogens with one attached hydrogen (secondary N) is 2. The van der Waals surface area contributed by atoms with Crippen molar-refractivity contribution < 1.29 is 9.53 Å². The third-order valence-corrected chi connectivity index (χ3v) is 2.25. The van der Waals surface area contributed by atoms with Crippen molar-refractivity contribution in [2.45, 2.75) is 6.42 Å². The molecule has 0 spiro atoms. The quantitative estimate of drug-likeness (QED) is 0.624. The SMILES string of the molecule is COCCNCC(=O)NCCc1ccncc1. The average molecular weight is 237 g/mol. The summed E-state index contributed by atoms with van der Waals surface area (Å²) in [6.45, 7) is 2.28. The van der Waals surface area contributed by atoms with Crippen molar-refractivity contribution in [2.24, 2.45) is 0 Å². The van der Waals surface area contributed by atoms with E-state index in [1.165, 1.54) is 5.56 Å². The Kier molecular flexibility index (Phi) is 6.93. The summed E-state index contributed by atoms with van der Waals surface area (Å²) in [7, 11) is 1.64. The number of pyridine rings is 1. The van der Waals surface area contributed by atoms with E-state index in [1.54, 1.807) is 19.5 Å². The minimum Gasteiger partial charge on any atom is -0.383 e. The van der Waals surface area contributed by atoms with Gasteiger partial charge < -0.3 is 15.4 Å². The van der Waals surface area contributed by atoms with Gasteiger partial charge in [0, 0.05) is 32.6 Å². The lowest BCUT2D eigenvalue weighted by atomic mass is 10.2. The van der Waals surface area contributed by atoms with Gasteiger partial charge in [0.05, 0.1) is 13.2 Å². The normalized spacial score (nSPS) is 10.2. The van der Waals surface area contributed by atoms with Crippen molar-refractivity contribution in [1.29, 1.82) is 0 Å². The zero-order valence-electron chi connectivity index (χ0n) is 10.1. The molecule has 0 radical (unpaired) electrons. The molecule has 0 aliphatic carbocycles. The molecular formula is C12H19N3O2. The van der Waals surface area contributed by atoms with Crippen LogP contribution in [-0.2, 0) is 16.0 Å². The number of amides is 1. The van der Waals surface area contributed by atoms with Crippen molar-refractivity contribution in [3.63, 3.8) is 0 Å². The first-order valence-electron chi connectivity index (χ1n) is 5.68.